The Bertz CT molecular complexity index is 504. The SMILES string of the molecule is C=CC(C)NCc1cc2cc(F)ccc2o1. The van der Waals surface area contributed by atoms with Crippen molar-refractivity contribution in [3.63, 3.8) is 0 Å². The third-order valence-electron chi connectivity index (χ3n) is 2.48. The van der Waals surface area contributed by atoms with E-state index in [1.807, 2.05) is 19.1 Å². The van der Waals surface area contributed by atoms with Gasteiger partial charge in [0.25, 0.3) is 0 Å². The number of hydrogen-bond acceptors (Lipinski definition) is 2. The second kappa shape index (κ2) is 4.49. The van der Waals surface area contributed by atoms with Crippen LogP contribution < -0.4 is 5.32 Å². The third-order valence-corrected chi connectivity index (χ3v) is 2.48. The summed E-state index contributed by atoms with van der Waals surface area (Å²) in [5.74, 6) is 0.557. The van der Waals surface area contributed by atoms with Gasteiger partial charge in [0.15, 0.2) is 0 Å². The van der Waals surface area contributed by atoms with E-state index in [0.717, 1.165) is 11.1 Å². The third kappa shape index (κ3) is 2.31. The van der Waals surface area contributed by atoms with Crippen LogP contribution in [0, 0.1) is 5.82 Å². The monoisotopic (exact) mass is 219 g/mol. The summed E-state index contributed by atoms with van der Waals surface area (Å²) in [5, 5.41) is 4.01. The zero-order valence-corrected chi connectivity index (χ0v) is 9.16. The first-order chi connectivity index (χ1) is 7.69. The lowest BCUT2D eigenvalue weighted by molar-refractivity contribution is 0.501. The first-order valence-corrected chi connectivity index (χ1v) is 5.23. The highest BCUT2D eigenvalue weighted by Gasteiger charge is 2.05. The number of hydrogen-bond donors (Lipinski definition) is 1. The highest BCUT2D eigenvalue weighted by atomic mass is 19.1. The van der Waals surface area contributed by atoms with Gasteiger partial charge in [-0.2, -0.15) is 0 Å². The summed E-state index contributed by atoms with van der Waals surface area (Å²) < 4.78 is 18.5. The van der Waals surface area contributed by atoms with E-state index < -0.39 is 0 Å². The van der Waals surface area contributed by atoms with Gasteiger partial charge in [-0.05, 0) is 31.2 Å². The predicted octanol–water partition coefficient (Wildman–Crippen LogP) is 3.24. The van der Waals surface area contributed by atoms with E-state index in [0.29, 0.717) is 12.1 Å². The Kier molecular flexibility index (Phi) is 3.06. The first kappa shape index (κ1) is 10.9. The molecule has 0 bridgehead atoms. The Labute approximate surface area is 93.8 Å². The fourth-order valence-electron chi connectivity index (χ4n) is 1.50. The molecule has 2 rings (SSSR count). The molecule has 0 saturated carbocycles. The molecule has 1 aromatic heterocycles. The number of benzene rings is 1. The molecule has 1 aromatic carbocycles. The number of halogens is 1. The van der Waals surface area contributed by atoms with Gasteiger partial charge in [-0.1, -0.05) is 6.08 Å². The molecule has 0 aliphatic heterocycles. The van der Waals surface area contributed by atoms with Gasteiger partial charge in [-0.25, -0.2) is 4.39 Å². The molecule has 2 aromatic rings. The zero-order chi connectivity index (χ0) is 11.5. The van der Waals surface area contributed by atoms with Crippen molar-refractivity contribution in [1.82, 2.24) is 5.32 Å². The molecule has 0 aliphatic carbocycles. The molecule has 1 heterocycles. The Hall–Kier alpha value is -1.61. The first-order valence-electron chi connectivity index (χ1n) is 5.23. The molecule has 3 heteroatoms. The van der Waals surface area contributed by atoms with Crippen molar-refractivity contribution in [2.45, 2.75) is 19.5 Å². The quantitative estimate of drug-likeness (QED) is 0.798. The topological polar surface area (TPSA) is 25.2 Å². The molecule has 1 unspecified atom stereocenters. The van der Waals surface area contributed by atoms with Gasteiger partial charge in [0, 0.05) is 11.4 Å². The predicted molar refractivity (Wildman–Crippen MR) is 62.7 cm³/mol. The highest BCUT2D eigenvalue weighted by molar-refractivity contribution is 5.77. The van der Waals surface area contributed by atoms with Crippen LogP contribution in [0.5, 0.6) is 0 Å². The molecule has 0 spiro atoms. The minimum Gasteiger partial charge on any atom is -0.460 e. The van der Waals surface area contributed by atoms with Crippen molar-refractivity contribution < 1.29 is 8.81 Å². The lowest BCUT2D eigenvalue weighted by Crippen LogP contribution is -2.22. The van der Waals surface area contributed by atoms with Gasteiger partial charge in [0.1, 0.15) is 17.2 Å². The van der Waals surface area contributed by atoms with E-state index in [2.05, 4.69) is 11.9 Å². The number of rotatable bonds is 4. The fraction of sp³-hybridized carbons (Fsp3) is 0.231. The molecule has 1 N–H and O–H groups in total. The van der Waals surface area contributed by atoms with Crippen molar-refractivity contribution in [3.8, 4) is 0 Å². The van der Waals surface area contributed by atoms with Crippen LogP contribution in [-0.4, -0.2) is 6.04 Å². The summed E-state index contributed by atoms with van der Waals surface area (Å²) in [5.41, 5.74) is 0.712. The molecule has 1 atom stereocenters. The Morgan fingerprint density at radius 3 is 3.06 bits per heavy atom. The summed E-state index contributed by atoms with van der Waals surface area (Å²) in [4.78, 5) is 0. The van der Waals surface area contributed by atoms with Crippen molar-refractivity contribution in [3.05, 3.63) is 48.5 Å². The van der Waals surface area contributed by atoms with E-state index in [-0.39, 0.29) is 11.9 Å². The summed E-state index contributed by atoms with van der Waals surface area (Å²) in [6, 6.07) is 6.59. The van der Waals surface area contributed by atoms with Gasteiger partial charge in [0.2, 0.25) is 0 Å². The molecule has 2 nitrogen and oxygen atoms in total. The smallest absolute Gasteiger partial charge is 0.134 e. The molecule has 0 amide bonds. The van der Waals surface area contributed by atoms with Gasteiger partial charge in [-0.3, -0.25) is 0 Å². The van der Waals surface area contributed by atoms with Crippen LogP contribution in [-0.2, 0) is 6.54 Å². The van der Waals surface area contributed by atoms with E-state index in [1.54, 1.807) is 6.07 Å². The van der Waals surface area contributed by atoms with Crippen LogP contribution in [0.4, 0.5) is 4.39 Å². The number of furan rings is 1. The Morgan fingerprint density at radius 1 is 1.50 bits per heavy atom. The Balaban J connectivity index is 2.16. The Morgan fingerprint density at radius 2 is 2.31 bits per heavy atom. The molecule has 84 valence electrons. The van der Waals surface area contributed by atoms with Crippen LogP contribution in [0.1, 0.15) is 12.7 Å². The molecule has 0 fully saturated rings. The highest BCUT2D eigenvalue weighted by Crippen LogP contribution is 2.20. The minimum atomic E-state index is -0.243. The van der Waals surface area contributed by atoms with Crippen molar-refractivity contribution >= 4 is 11.0 Å². The van der Waals surface area contributed by atoms with Crippen LogP contribution in [0.2, 0.25) is 0 Å². The summed E-state index contributed by atoms with van der Waals surface area (Å²) in [6.45, 7) is 6.31. The van der Waals surface area contributed by atoms with Gasteiger partial charge < -0.3 is 9.73 Å². The summed E-state index contributed by atoms with van der Waals surface area (Å²) >= 11 is 0. The molecule has 0 aliphatic rings. The molecular weight excluding hydrogens is 205 g/mol. The molecule has 0 saturated heterocycles. The van der Waals surface area contributed by atoms with Gasteiger partial charge in [-0.15, -0.1) is 6.58 Å². The normalized spacial score (nSPS) is 12.9. The molecule has 16 heavy (non-hydrogen) atoms. The van der Waals surface area contributed by atoms with Crippen LogP contribution >= 0.6 is 0 Å². The lowest BCUT2D eigenvalue weighted by atomic mass is 10.2. The van der Waals surface area contributed by atoms with Crippen LogP contribution in [0.25, 0.3) is 11.0 Å². The fourth-order valence-corrected chi connectivity index (χ4v) is 1.50. The summed E-state index contributed by atoms with van der Waals surface area (Å²) in [6.07, 6.45) is 1.82. The van der Waals surface area contributed by atoms with E-state index in [1.165, 1.54) is 12.1 Å². The van der Waals surface area contributed by atoms with Crippen LogP contribution in [0.15, 0.2) is 41.3 Å². The van der Waals surface area contributed by atoms with Gasteiger partial charge >= 0.3 is 0 Å². The number of fused-ring (bicyclic) bond motifs is 1. The molecule has 0 radical (unpaired) electrons. The average molecular weight is 219 g/mol. The van der Waals surface area contributed by atoms with Crippen LogP contribution in [0.3, 0.4) is 0 Å². The lowest BCUT2D eigenvalue weighted by Gasteiger charge is -2.05. The molecular formula is C13H14FNO. The summed E-state index contributed by atoms with van der Waals surface area (Å²) in [7, 11) is 0. The van der Waals surface area contributed by atoms with Crippen molar-refractivity contribution in [1.29, 1.82) is 0 Å². The maximum absolute atomic E-state index is 12.9. The van der Waals surface area contributed by atoms with Gasteiger partial charge in [0.05, 0.1) is 6.54 Å². The largest absolute Gasteiger partial charge is 0.460 e. The van der Waals surface area contributed by atoms with E-state index >= 15 is 0 Å². The standard InChI is InChI=1S/C13H14FNO/c1-3-9(2)15-8-12-7-10-6-11(14)4-5-13(10)16-12/h3-7,9,15H,1,8H2,2H3. The van der Waals surface area contributed by atoms with E-state index in [9.17, 15) is 4.39 Å². The second-order valence-corrected chi connectivity index (χ2v) is 3.80. The number of nitrogens with one attached hydrogen (secondary N) is 1. The average Bonchev–Trinajstić information content (AvgIpc) is 2.67. The van der Waals surface area contributed by atoms with Crippen molar-refractivity contribution in [2.75, 3.05) is 0 Å². The maximum atomic E-state index is 12.9. The van der Waals surface area contributed by atoms with E-state index in [4.69, 9.17) is 4.42 Å². The zero-order valence-electron chi connectivity index (χ0n) is 9.16. The van der Waals surface area contributed by atoms with Crippen molar-refractivity contribution in [2.24, 2.45) is 0 Å². The minimum absolute atomic E-state index is 0.227. The second-order valence-electron chi connectivity index (χ2n) is 3.80. The maximum Gasteiger partial charge on any atom is 0.134 e.